The molecule has 1 saturated heterocycles. The number of aromatic hydroxyl groups is 1. The van der Waals surface area contributed by atoms with E-state index in [1.54, 1.807) is 24.1 Å². The highest BCUT2D eigenvalue weighted by molar-refractivity contribution is 6.02. The van der Waals surface area contributed by atoms with E-state index in [1.807, 2.05) is 0 Å². The molecule has 3 aromatic rings. The van der Waals surface area contributed by atoms with Crippen molar-refractivity contribution in [3.05, 3.63) is 53.6 Å². The predicted octanol–water partition coefficient (Wildman–Crippen LogP) is 4.10. The molecule has 1 aliphatic rings. The van der Waals surface area contributed by atoms with Crippen molar-refractivity contribution in [2.75, 3.05) is 31.7 Å². The van der Waals surface area contributed by atoms with E-state index >= 15 is 0 Å². The molecular formula is C21H21F2N3O3. The highest BCUT2D eigenvalue weighted by atomic mass is 19.1. The second-order valence-corrected chi connectivity index (χ2v) is 6.85. The van der Waals surface area contributed by atoms with Gasteiger partial charge >= 0.3 is 0 Å². The van der Waals surface area contributed by atoms with Crippen molar-refractivity contribution in [2.45, 2.75) is 12.7 Å². The van der Waals surface area contributed by atoms with Crippen LogP contribution in [-0.2, 0) is 9.47 Å². The lowest BCUT2D eigenvalue weighted by Crippen LogP contribution is -2.24. The van der Waals surface area contributed by atoms with Crippen LogP contribution in [0.15, 0.2) is 41.4 Å². The summed E-state index contributed by atoms with van der Waals surface area (Å²) in [7, 11) is 1.80. The third kappa shape index (κ3) is 4.23. The number of halogens is 2. The first-order chi connectivity index (χ1) is 14.0. The fourth-order valence-electron chi connectivity index (χ4n) is 3.32. The first kappa shape index (κ1) is 19.4. The maximum atomic E-state index is 14.6. The van der Waals surface area contributed by atoms with Crippen LogP contribution < -0.4 is 4.90 Å². The molecule has 0 radical (unpaired) electrons. The highest BCUT2D eigenvalue weighted by Crippen LogP contribution is 2.28. The Morgan fingerprint density at radius 1 is 1.21 bits per heavy atom. The van der Waals surface area contributed by atoms with Gasteiger partial charge in [-0.25, -0.2) is 8.78 Å². The summed E-state index contributed by atoms with van der Waals surface area (Å²) in [5.74, 6) is -0.954. The molecule has 8 heteroatoms. The average Bonchev–Trinajstić information content (AvgIpc) is 3.32. The second kappa shape index (κ2) is 8.18. The Morgan fingerprint density at radius 2 is 2.00 bits per heavy atom. The number of fused-ring (bicyclic) bond motifs is 1. The SMILES string of the molecule is CN(CCC1OCCO1)c1ccc(N=Cc2c(O)[nH]c3ccc(F)cc23)cc1F. The van der Waals surface area contributed by atoms with Gasteiger partial charge in [0, 0.05) is 43.2 Å². The van der Waals surface area contributed by atoms with Crippen LogP contribution in [0.3, 0.4) is 0 Å². The molecule has 2 aromatic carbocycles. The van der Waals surface area contributed by atoms with Crippen molar-refractivity contribution >= 4 is 28.5 Å². The van der Waals surface area contributed by atoms with Crippen molar-refractivity contribution in [2.24, 2.45) is 4.99 Å². The third-order valence-corrected chi connectivity index (χ3v) is 4.86. The third-order valence-electron chi connectivity index (χ3n) is 4.86. The van der Waals surface area contributed by atoms with Gasteiger partial charge in [0.1, 0.15) is 11.6 Å². The molecule has 1 aliphatic heterocycles. The van der Waals surface area contributed by atoms with Crippen LogP contribution in [0.4, 0.5) is 20.2 Å². The van der Waals surface area contributed by atoms with Crippen molar-refractivity contribution in [1.29, 1.82) is 0 Å². The minimum Gasteiger partial charge on any atom is -0.494 e. The van der Waals surface area contributed by atoms with Crippen LogP contribution in [0.2, 0.25) is 0 Å². The summed E-state index contributed by atoms with van der Waals surface area (Å²) < 4.78 is 38.9. The topological polar surface area (TPSA) is 70.1 Å². The Labute approximate surface area is 166 Å². The summed E-state index contributed by atoms with van der Waals surface area (Å²) in [4.78, 5) is 8.79. The van der Waals surface area contributed by atoms with E-state index in [0.29, 0.717) is 54.0 Å². The maximum absolute atomic E-state index is 14.6. The monoisotopic (exact) mass is 401 g/mol. The number of hydrogen-bond donors (Lipinski definition) is 2. The number of aliphatic imine (C=N–C) groups is 1. The lowest BCUT2D eigenvalue weighted by atomic mass is 10.2. The summed E-state index contributed by atoms with van der Waals surface area (Å²) in [6.45, 7) is 1.76. The van der Waals surface area contributed by atoms with Crippen molar-refractivity contribution < 1.29 is 23.4 Å². The summed E-state index contributed by atoms with van der Waals surface area (Å²) in [6, 6.07) is 8.79. The molecule has 0 spiro atoms. The Balaban J connectivity index is 1.49. The summed E-state index contributed by atoms with van der Waals surface area (Å²) in [5, 5.41) is 10.6. The molecule has 0 unspecified atom stereocenters. The minimum absolute atomic E-state index is 0.123. The van der Waals surface area contributed by atoms with E-state index in [0.717, 1.165) is 0 Å². The summed E-state index contributed by atoms with van der Waals surface area (Å²) >= 11 is 0. The van der Waals surface area contributed by atoms with E-state index in [4.69, 9.17) is 9.47 Å². The molecule has 29 heavy (non-hydrogen) atoms. The normalized spacial score (nSPS) is 15.0. The second-order valence-electron chi connectivity index (χ2n) is 6.85. The van der Waals surface area contributed by atoms with Gasteiger partial charge in [-0.15, -0.1) is 0 Å². The average molecular weight is 401 g/mol. The van der Waals surface area contributed by atoms with Crippen LogP contribution in [-0.4, -0.2) is 49.4 Å². The number of nitrogens with one attached hydrogen (secondary N) is 1. The molecule has 0 bridgehead atoms. The van der Waals surface area contributed by atoms with Crippen LogP contribution in [0.5, 0.6) is 5.88 Å². The number of rotatable bonds is 6. The quantitative estimate of drug-likeness (QED) is 0.610. The zero-order chi connectivity index (χ0) is 20.4. The van der Waals surface area contributed by atoms with Gasteiger partial charge in [-0.3, -0.25) is 4.99 Å². The number of hydrogen-bond acceptors (Lipinski definition) is 5. The molecule has 0 saturated carbocycles. The highest BCUT2D eigenvalue weighted by Gasteiger charge is 2.17. The van der Waals surface area contributed by atoms with E-state index in [2.05, 4.69) is 9.98 Å². The van der Waals surface area contributed by atoms with Gasteiger partial charge < -0.3 is 24.5 Å². The smallest absolute Gasteiger partial charge is 0.198 e. The lowest BCUT2D eigenvalue weighted by Gasteiger charge is -2.21. The predicted molar refractivity (Wildman–Crippen MR) is 107 cm³/mol. The first-order valence-corrected chi connectivity index (χ1v) is 9.29. The molecule has 4 rings (SSSR count). The minimum atomic E-state index is -0.419. The van der Waals surface area contributed by atoms with Gasteiger partial charge in [-0.1, -0.05) is 0 Å². The van der Waals surface area contributed by atoms with E-state index in [1.165, 1.54) is 30.5 Å². The Hall–Kier alpha value is -2.97. The molecule has 0 aliphatic carbocycles. The van der Waals surface area contributed by atoms with Crippen LogP contribution in [0, 0.1) is 11.6 Å². The zero-order valence-electron chi connectivity index (χ0n) is 15.9. The van der Waals surface area contributed by atoms with E-state index < -0.39 is 11.6 Å². The maximum Gasteiger partial charge on any atom is 0.198 e. The molecule has 6 nitrogen and oxygen atoms in total. The van der Waals surface area contributed by atoms with Crippen molar-refractivity contribution in [3.8, 4) is 5.88 Å². The van der Waals surface area contributed by atoms with Crippen LogP contribution in [0.1, 0.15) is 12.0 Å². The zero-order valence-corrected chi connectivity index (χ0v) is 15.9. The van der Waals surface area contributed by atoms with Crippen LogP contribution in [0.25, 0.3) is 10.9 Å². The first-order valence-electron chi connectivity index (χ1n) is 9.29. The Kier molecular flexibility index (Phi) is 5.46. The number of aromatic nitrogens is 1. The van der Waals surface area contributed by atoms with Crippen LogP contribution >= 0.6 is 0 Å². The van der Waals surface area contributed by atoms with Gasteiger partial charge in [0.15, 0.2) is 12.2 Å². The number of H-pyrrole nitrogens is 1. The molecular weight excluding hydrogens is 380 g/mol. The molecule has 2 N–H and O–H groups in total. The van der Waals surface area contributed by atoms with E-state index in [-0.39, 0.29) is 12.2 Å². The molecule has 0 atom stereocenters. The number of aromatic amines is 1. The molecule has 1 fully saturated rings. The lowest BCUT2D eigenvalue weighted by molar-refractivity contribution is -0.0447. The Morgan fingerprint density at radius 3 is 2.76 bits per heavy atom. The number of ether oxygens (including phenoxy) is 2. The molecule has 0 amide bonds. The molecule has 1 aromatic heterocycles. The molecule has 2 heterocycles. The summed E-state index contributed by atoms with van der Waals surface area (Å²) in [5.41, 5.74) is 1.76. The van der Waals surface area contributed by atoms with E-state index in [9.17, 15) is 13.9 Å². The largest absolute Gasteiger partial charge is 0.494 e. The standard InChI is InChI=1S/C21H21F2N3O3/c1-26(7-6-20-28-8-9-29-20)19-5-3-14(11-17(19)23)24-12-16-15-10-13(22)2-4-18(15)25-21(16)27/h2-5,10-12,20,25,27H,6-9H2,1H3. The number of anilines is 1. The summed E-state index contributed by atoms with van der Waals surface area (Å²) in [6.07, 6.45) is 1.80. The number of nitrogens with zero attached hydrogens (tertiary/aromatic N) is 2. The fraction of sp³-hybridized carbons (Fsp3) is 0.286. The van der Waals surface area contributed by atoms with Gasteiger partial charge in [0.05, 0.1) is 30.2 Å². The fourth-order valence-corrected chi connectivity index (χ4v) is 3.32. The van der Waals surface area contributed by atoms with Crippen molar-refractivity contribution in [3.63, 3.8) is 0 Å². The molecule has 152 valence electrons. The number of benzene rings is 2. The van der Waals surface area contributed by atoms with Gasteiger partial charge in [0.2, 0.25) is 0 Å². The Bertz CT molecular complexity index is 1050. The van der Waals surface area contributed by atoms with Gasteiger partial charge in [-0.2, -0.15) is 0 Å². The van der Waals surface area contributed by atoms with Gasteiger partial charge in [-0.05, 0) is 30.3 Å². The van der Waals surface area contributed by atoms with Crippen molar-refractivity contribution in [1.82, 2.24) is 4.98 Å². The van der Waals surface area contributed by atoms with Gasteiger partial charge in [0.25, 0.3) is 0 Å².